The summed E-state index contributed by atoms with van der Waals surface area (Å²) in [6, 6.07) is 4.18. The molecule has 12 nitrogen and oxygen atoms in total. The van der Waals surface area contributed by atoms with Crippen LogP contribution < -0.4 is 19.1 Å². The Morgan fingerprint density at radius 2 is 1.88 bits per heavy atom. The fraction of sp³-hybridized carbons (Fsp3) is 0.500. The molecule has 1 aliphatic carbocycles. The Balaban J connectivity index is 1.57. The van der Waals surface area contributed by atoms with E-state index in [9.17, 15) is 13.2 Å². The van der Waals surface area contributed by atoms with E-state index in [0.29, 0.717) is 86.7 Å². The number of nitrogens with one attached hydrogen (secondary N) is 1. The van der Waals surface area contributed by atoms with Crippen molar-refractivity contribution in [2.45, 2.75) is 38.7 Å². The zero-order chi connectivity index (χ0) is 29.9. The number of methoxy groups -OCH3 is 1. The van der Waals surface area contributed by atoms with E-state index in [1.54, 1.807) is 13.0 Å². The molecule has 1 saturated heterocycles. The number of carbonyl (C=O) groups is 1. The summed E-state index contributed by atoms with van der Waals surface area (Å²) < 4.78 is 63.9. The number of rotatable bonds is 9. The first-order valence-corrected chi connectivity index (χ1v) is 15.7. The minimum Gasteiger partial charge on any atom is -0.488 e. The quantitative estimate of drug-likeness (QED) is 0.359. The Bertz CT molecular complexity index is 1560. The second-order valence-electron chi connectivity index (χ2n) is 10.3. The summed E-state index contributed by atoms with van der Waals surface area (Å²) in [6.45, 7) is 4.24. The van der Waals surface area contributed by atoms with Crippen LogP contribution in [0, 0.1) is 11.7 Å². The third-order valence-corrected chi connectivity index (χ3v) is 7.80. The molecular formula is C28H34FN5O7S. The van der Waals surface area contributed by atoms with Gasteiger partial charge in [0.25, 0.3) is 0 Å². The van der Waals surface area contributed by atoms with E-state index >= 15 is 4.39 Å². The van der Waals surface area contributed by atoms with Crippen LogP contribution in [0.4, 0.5) is 16.0 Å². The zero-order valence-corrected chi connectivity index (χ0v) is 24.6. The monoisotopic (exact) mass is 603 g/mol. The molecule has 2 aliphatic rings. The summed E-state index contributed by atoms with van der Waals surface area (Å²) in [4.78, 5) is 28.0. The predicted molar refractivity (Wildman–Crippen MR) is 154 cm³/mol. The minimum absolute atomic E-state index is 0.0737. The van der Waals surface area contributed by atoms with Gasteiger partial charge in [-0.05, 0) is 44.7 Å². The average molecular weight is 604 g/mol. The van der Waals surface area contributed by atoms with Crippen molar-refractivity contribution < 1.29 is 36.6 Å². The maximum Gasteiger partial charge on any atom is 0.308 e. The molecule has 1 N–H and O–H groups in total. The van der Waals surface area contributed by atoms with Crippen LogP contribution >= 0.6 is 0 Å². The number of fused-ring (bicyclic) bond motifs is 1. The zero-order valence-electron chi connectivity index (χ0n) is 23.8. The lowest BCUT2D eigenvalue weighted by atomic mass is 9.87. The number of aromatic nitrogens is 3. The second-order valence-corrected chi connectivity index (χ2v) is 12.0. The van der Waals surface area contributed by atoms with Crippen LogP contribution in [0.2, 0.25) is 0 Å². The highest BCUT2D eigenvalue weighted by atomic mass is 32.2. The van der Waals surface area contributed by atoms with Gasteiger partial charge in [-0.2, -0.15) is 0 Å². The van der Waals surface area contributed by atoms with Crippen molar-refractivity contribution >= 4 is 38.5 Å². The van der Waals surface area contributed by atoms with Crippen LogP contribution in [0.3, 0.4) is 0 Å². The summed E-state index contributed by atoms with van der Waals surface area (Å²) in [5.41, 5.74) is 1.30. The van der Waals surface area contributed by atoms with Gasteiger partial charge in [0.2, 0.25) is 21.9 Å². The van der Waals surface area contributed by atoms with Crippen LogP contribution in [0.15, 0.2) is 24.4 Å². The molecule has 1 saturated carbocycles. The van der Waals surface area contributed by atoms with Crippen molar-refractivity contribution in [3.63, 3.8) is 0 Å². The molecule has 2 fully saturated rings. The van der Waals surface area contributed by atoms with Crippen LogP contribution in [0.1, 0.15) is 32.6 Å². The molecule has 5 rings (SSSR count). The number of esters is 1. The third kappa shape index (κ3) is 6.81. The summed E-state index contributed by atoms with van der Waals surface area (Å²) in [7, 11) is -2.27. The second kappa shape index (κ2) is 12.6. The van der Waals surface area contributed by atoms with Crippen LogP contribution in [-0.4, -0.2) is 81.7 Å². The molecule has 42 heavy (non-hydrogen) atoms. The van der Waals surface area contributed by atoms with E-state index in [1.165, 1.54) is 25.4 Å². The number of nitrogens with zero attached hydrogens (tertiary/aromatic N) is 4. The van der Waals surface area contributed by atoms with Crippen LogP contribution in [0.5, 0.6) is 11.6 Å². The van der Waals surface area contributed by atoms with Crippen molar-refractivity contribution in [2.24, 2.45) is 5.92 Å². The number of carbonyl (C=O) groups excluding carboxylic acids is 1. The topological polar surface area (TPSA) is 142 Å². The molecule has 0 unspecified atom stereocenters. The maximum absolute atomic E-state index is 15.1. The molecule has 3 heterocycles. The molecule has 0 spiro atoms. The summed E-state index contributed by atoms with van der Waals surface area (Å²) in [5, 5.41) is 0.375. The van der Waals surface area contributed by atoms with Crippen LogP contribution in [0.25, 0.3) is 22.2 Å². The van der Waals surface area contributed by atoms with Gasteiger partial charge in [-0.1, -0.05) is 0 Å². The molecular weight excluding hydrogens is 569 g/mol. The van der Waals surface area contributed by atoms with E-state index in [2.05, 4.69) is 9.71 Å². The molecule has 0 amide bonds. The summed E-state index contributed by atoms with van der Waals surface area (Å²) in [6.07, 6.45) is 4.72. The number of morpholine rings is 1. The Morgan fingerprint density at radius 1 is 1.14 bits per heavy atom. The van der Waals surface area contributed by atoms with Crippen molar-refractivity contribution in [3.05, 3.63) is 30.2 Å². The van der Waals surface area contributed by atoms with E-state index in [1.807, 2.05) is 4.90 Å². The highest BCUT2D eigenvalue weighted by molar-refractivity contribution is 7.92. The minimum atomic E-state index is -3.65. The van der Waals surface area contributed by atoms with E-state index in [4.69, 9.17) is 28.9 Å². The standard InChI is InChI=1S/C28H34FN5O7S/c1-4-40-27(35)17-5-7-20(8-6-17)41-23-15-19(29)14-21-24(31-28(32-25(21)23)34-9-11-39-12-10-34)18-13-22(33-42(3,36)37)26(38-2)30-16-18/h13-17,20,33H,4-12H2,1-3H3. The molecule has 3 aromatic rings. The molecule has 2 aromatic heterocycles. The van der Waals surface area contributed by atoms with Crippen molar-refractivity contribution in [3.8, 4) is 22.9 Å². The van der Waals surface area contributed by atoms with Gasteiger partial charge >= 0.3 is 5.97 Å². The van der Waals surface area contributed by atoms with Gasteiger partial charge in [0.15, 0.2) is 0 Å². The number of hydrogen-bond acceptors (Lipinski definition) is 11. The smallest absolute Gasteiger partial charge is 0.308 e. The molecule has 1 aliphatic heterocycles. The highest BCUT2D eigenvalue weighted by Crippen LogP contribution is 2.38. The molecule has 14 heteroatoms. The van der Waals surface area contributed by atoms with Gasteiger partial charge in [-0.25, -0.2) is 27.8 Å². The van der Waals surface area contributed by atoms with E-state index in [0.717, 1.165) is 6.26 Å². The molecule has 0 atom stereocenters. The average Bonchev–Trinajstić information content (AvgIpc) is 2.97. The molecule has 226 valence electrons. The lowest BCUT2D eigenvalue weighted by Crippen LogP contribution is -2.37. The van der Waals surface area contributed by atoms with Crippen molar-refractivity contribution in [1.29, 1.82) is 0 Å². The van der Waals surface area contributed by atoms with Gasteiger partial charge < -0.3 is 23.8 Å². The number of hydrogen-bond donors (Lipinski definition) is 1. The van der Waals surface area contributed by atoms with Crippen LogP contribution in [-0.2, 0) is 24.3 Å². The first-order valence-electron chi connectivity index (χ1n) is 13.8. The van der Waals surface area contributed by atoms with Gasteiger partial charge in [0.1, 0.15) is 22.8 Å². The highest BCUT2D eigenvalue weighted by Gasteiger charge is 2.29. The molecule has 1 aromatic carbocycles. The fourth-order valence-electron chi connectivity index (χ4n) is 5.24. The Kier molecular flexibility index (Phi) is 8.92. The van der Waals surface area contributed by atoms with Crippen molar-refractivity contribution in [1.82, 2.24) is 15.0 Å². The van der Waals surface area contributed by atoms with Crippen molar-refractivity contribution in [2.75, 3.05) is 55.9 Å². The molecule has 0 radical (unpaired) electrons. The first-order chi connectivity index (χ1) is 20.1. The first kappa shape index (κ1) is 29.7. The lowest BCUT2D eigenvalue weighted by molar-refractivity contribution is -0.149. The largest absolute Gasteiger partial charge is 0.488 e. The number of halogens is 1. The number of ether oxygens (including phenoxy) is 4. The van der Waals surface area contributed by atoms with E-state index in [-0.39, 0.29) is 35.3 Å². The predicted octanol–water partition coefficient (Wildman–Crippen LogP) is 3.55. The lowest BCUT2D eigenvalue weighted by Gasteiger charge is -2.29. The fourth-order valence-corrected chi connectivity index (χ4v) is 5.79. The van der Waals surface area contributed by atoms with E-state index < -0.39 is 15.8 Å². The summed E-state index contributed by atoms with van der Waals surface area (Å²) in [5.74, 6) is -0.177. The van der Waals surface area contributed by atoms with Gasteiger partial charge in [0, 0.05) is 36.3 Å². The number of benzene rings is 1. The summed E-state index contributed by atoms with van der Waals surface area (Å²) >= 11 is 0. The Hall–Kier alpha value is -3.78. The maximum atomic E-state index is 15.1. The number of sulfonamides is 1. The van der Waals surface area contributed by atoms with Gasteiger partial charge in [-0.15, -0.1) is 0 Å². The third-order valence-electron chi connectivity index (χ3n) is 7.21. The Labute approximate surface area is 243 Å². The number of pyridine rings is 1. The Morgan fingerprint density at radius 3 is 2.55 bits per heavy atom. The SMILES string of the molecule is CCOC(=O)C1CCC(Oc2cc(F)cc3c(-c4cnc(OC)c(NS(C)(=O)=O)c4)nc(N4CCOCC4)nc23)CC1. The van der Waals surface area contributed by atoms with Gasteiger partial charge in [0.05, 0.1) is 50.9 Å². The normalized spacial score (nSPS) is 19.4. The van der Waals surface area contributed by atoms with Gasteiger partial charge in [-0.3, -0.25) is 9.52 Å². The number of anilines is 2. The molecule has 0 bridgehead atoms.